The smallest absolute Gasteiger partial charge is 0.164 e. The van der Waals surface area contributed by atoms with E-state index in [0.29, 0.717) is 17.5 Å². The first-order valence-electron chi connectivity index (χ1n) is 15.0. The summed E-state index contributed by atoms with van der Waals surface area (Å²) in [6.45, 7) is 0. The maximum absolute atomic E-state index is 6.58. The molecule has 0 atom stereocenters. The number of ether oxygens (including phenoxy) is 1. The third-order valence-electron chi connectivity index (χ3n) is 8.52. The second kappa shape index (κ2) is 10.2. The van der Waals surface area contributed by atoms with Gasteiger partial charge in [0.1, 0.15) is 11.5 Å². The van der Waals surface area contributed by atoms with E-state index in [0.717, 1.165) is 66.6 Å². The van der Waals surface area contributed by atoms with Crippen molar-refractivity contribution in [3.05, 3.63) is 152 Å². The molecule has 0 N–H and O–H groups in total. The lowest BCUT2D eigenvalue weighted by Crippen LogP contribution is -2.02. The zero-order valence-corrected chi connectivity index (χ0v) is 24.2. The highest BCUT2D eigenvalue weighted by Gasteiger charge is 2.25. The molecule has 0 saturated heterocycles. The van der Waals surface area contributed by atoms with Gasteiger partial charge >= 0.3 is 0 Å². The fourth-order valence-corrected chi connectivity index (χ4v) is 6.40. The zero-order valence-electron chi connectivity index (χ0n) is 24.2. The number of nitrogens with zero attached hydrogens (tertiary/aromatic N) is 3. The molecule has 0 saturated carbocycles. The van der Waals surface area contributed by atoms with E-state index < -0.39 is 0 Å². The first kappa shape index (κ1) is 25.4. The van der Waals surface area contributed by atoms with E-state index in [9.17, 15) is 0 Å². The molecule has 0 radical (unpaired) electrons. The van der Waals surface area contributed by atoms with Crippen molar-refractivity contribution in [2.45, 2.75) is 0 Å². The number of hydrogen-bond acceptors (Lipinski definition) is 4. The minimum Gasteiger partial charge on any atom is -0.456 e. The molecule has 7 aromatic carbocycles. The van der Waals surface area contributed by atoms with Crippen LogP contribution in [-0.4, -0.2) is 15.0 Å². The zero-order chi connectivity index (χ0) is 29.7. The molecule has 1 aliphatic rings. The Morgan fingerprint density at radius 3 is 1.87 bits per heavy atom. The molecule has 0 amide bonds. The van der Waals surface area contributed by atoms with E-state index in [1.165, 1.54) is 5.39 Å². The number of rotatable bonds is 4. The molecule has 1 aliphatic heterocycles. The van der Waals surface area contributed by atoms with Crippen LogP contribution in [0, 0.1) is 0 Å². The first-order chi connectivity index (χ1) is 22.3. The molecule has 0 unspecified atom stereocenters. The van der Waals surface area contributed by atoms with Gasteiger partial charge in [-0.1, -0.05) is 127 Å². The molecule has 9 rings (SSSR count). The fourth-order valence-electron chi connectivity index (χ4n) is 6.40. The minimum atomic E-state index is 0.623. The Morgan fingerprint density at radius 2 is 1.04 bits per heavy atom. The summed E-state index contributed by atoms with van der Waals surface area (Å²) in [6.07, 6.45) is 0. The van der Waals surface area contributed by atoms with Gasteiger partial charge in [0, 0.05) is 27.6 Å². The van der Waals surface area contributed by atoms with Crippen molar-refractivity contribution in [3.63, 3.8) is 0 Å². The van der Waals surface area contributed by atoms with Gasteiger partial charge in [-0.3, -0.25) is 0 Å². The summed E-state index contributed by atoms with van der Waals surface area (Å²) < 4.78 is 6.58. The molecule has 4 nitrogen and oxygen atoms in total. The van der Waals surface area contributed by atoms with E-state index in [-0.39, 0.29) is 0 Å². The van der Waals surface area contributed by atoms with E-state index in [2.05, 4.69) is 103 Å². The Hall–Kier alpha value is -6.13. The van der Waals surface area contributed by atoms with E-state index in [1.54, 1.807) is 0 Å². The van der Waals surface area contributed by atoms with Crippen molar-refractivity contribution in [3.8, 4) is 67.9 Å². The number of fused-ring (bicyclic) bond motifs is 3. The van der Waals surface area contributed by atoms with Crippen LogP contribution in [0.3, 0.4) is 0 Å². The Kier molecular flexibility index (Phi) is 5.78. The quantitative estimate of drug-likeness (QED) is 0.209. The molecule has 0 spiro atoms. The number of benzene rings is 7. The van der Waals surface area contributed by atoms with E-state index in [4.69, 9.17) is 19.7 Å². The molecule has 8 aromatic rings. The summed E-state index contributed by atoms with van der Waals surface area (Å²) in [5.74, 6) is 3.58. The Bertz CT molecular complexity index is 2400. The average molecular weight is 576 g/mol. The van der Waals surface area contributed by atoms with Crippen molar-refractivity contribution in [1.29, 1.82) is 0 Å². The monoisotopic (exact) mass is 575 g/mol. The predicted octanol–water partition coefficient (Wildman–Crippen LogP) is 10.6. The summed E-state index contributed by atoms with van der Waals surface area (Å²) in [5, 5.41) is 4.41. The number of aromatic nitrogens is 3. The highest BCUT2D eigenvalue weighted by Crippen LogP contribution is 2.51. The lowest BCUT2D eigenvalue weighted by Gasteiger charge is -2.24. The average Bonchev–Trinajstić information content (AvgIpc) is 3.12. The van der Waals surface area contributed by atoms with Crippen LogP contribution in [0.25, 0.3) is 78.0 Å². The molecule has 0 fully saturated rings. The summed E-state index contributed by atoms with van der Waals surface area (Å²) in [5.41, 5.74) is 7.34. The summed E-state index contributed by atoms with van der Waals surface area (Å²) in [6, 6.07) is 52.1. The van der Waals surface area contributed by atoms with Crippen LogP contribution < -0.4 is 4.74 Å². The number of hydrogen-bond donors (Lipinski definition) is 0. The second-order valence-corrected chi connectivity index (χ2v) is 11.2. The standard InChI is InChI=1S/C41H25N3O/c1-3-12-27(13-4-1)31-17-10-20-35-37(31)34-19-9-18-32-33(23-24-36(45-35)38(32)34)41-43-39(28-14-5-2-6-15-28)42-40(44-41)30-22-21-26-11-7-8-16-29(26)25-30/h1-25H. The van der Waals surface area contributed by atoms with Crippen LogP contribution in [0.4, 0.5) is 0 Å². The van der Waals surface area contributed by atoms with Gasteiger partial charge in [-0.05, 0) is 57.1 Å². The van der Waals surface area contributed by atoms with Crippen molar-refractivity contribution in [2.75, 3.05) is 0 Å². The van der Waals surface area contributed by atoms with Crippen molar-refractivity contribution in [2.24, 2.45) is 0 Å². The van der Waals surface area contributed by atoms with Crippen molar-refractivity contribution >= 4 is 21.5 Å². The minimum absolute atomic E-state index is 0.623. The molecule has 210 valence electrons. The molecule has 0 aliphatic carbocycles. The summed E-state index contributed by atoms with van der Waals surface area (Å²) in [7, 11) is 0. The Labute approximate surface area is 260 Å². The van der Waals surface area contributed by atoms with E-state index >= 15 is 0 Å². The lowest BCUT2D eigenvalue weighted by molar-refractivity contribution is 0.487. The third kappa shape index (κ3) is 4.27. The van der Waals surface area contributed by atoms with Gasteiger partial charge in [0.15, 0.2) is 17.5 Å². The Morgan fingerprint density at radius 1 is 0.378 bits per heavy atom. The van der Waals surface area contributed by atoms with Gasteiger partial charge in [0.05, 0.1) is 0 Å². The Balaban J connectivity index is 1.28. The summed E-state index contributed by atoms with van der Waals surface area (Å²) >= 11 is 0. The first-order valence-corrected chi connectivity index (χ1v) is 15.0. The maximum atomic E-state index is 6.58. The van der Waals surface area contributed by atoms with Gasteiger partial charge in [0.2, 0.25) is 0 Å². The molecule has 4 heteroatoms. The predicted molar refractivity (Wildman–Crippen MR) is 182 cm³/mol. The van der Waals surface area contributed by atoms with E-state index in [1.807, 2.05) is 48.5 Å². The second-order valence-electron chi connectivity index (χ2n) is 11.2. The molecule has 45 heavy (non-hydrogen) atoms. The fraction of sp³-hybridized carbons (Fsp3) is 0. The van der Waals surface area contributed by atoms with Crippen LogP contribution in [0.15, 0.2) is 152 Å². The van der Waals surface area contributed by atoms with Crippen LogP contribution in [0.2, 0.25) is 0 Å². The SMILES string of the molecule is c1ccc(-c2nc(-c3ccc4ccccc4c3)nc(-c3ccc4c5c(cccc35)-c3c(cccc3-c3ccccc3)O4)n2)cc1. The highest BCUT2D eigenvalue weighted by atomic mass is 16.5. The molecule has 1 aromatic heterocycles. The molecule has 0 bridgehead atoms. The third-order valence-corrected chi connectivity index (χ3v) is 8.52. The van der Waals surface area contributed by atoms with Gasteiger partial charge in [0.25, 0.3) is 0 Å². The van der Waals surface area contributed by atoms with Crippen LogP contribution >= 0.6 is 0 Å². The highest BCUT2D eigenvalue weighted by molar-refractivity contribution is 6.11. The van der Waals surface area contributed by atoms with Crippen molar-refractivity contribution < 1.29 is 4.74 Å². The van der Waals surface area contributed by atoms with Crippen molar-refractivity contribution in [1.82, 2.24) is 15.0 Å². The molecular formula is C41H25N3O. The lowest BCUT2D eigenvalue weighted by atomic mass is 9.88. The molecular weight excluding hydrogens is 550 g/mol. The normalized spacial score (nSPS) is 11.7. The van der Waals surface area contributed by atoms with Crippen LogP contribution in [0.5, 0.6) is 11.5 Å². The van der Waals surface area contributed by atoms with Gasteiger partial charge in [-0.2, -0.15) is 0 Å². The molecule has 2 heterocycles. The largest absolute Gasteiger partial charge is 0.456 e. The van der Waals surface area contributed by atoms with Gasteiger partial charge < -0.3 is 4.74 Å². The summed E-state index contributed by atoms with van der Waals surface area (Å²) in [4.78, 5) is 15.1. The van der Waals surface area contributed by atoms with Gasteiger partial charge in [-0.25, -0.2) is 15.0 Å². The van der Waals surface area contributed by atoms with Gasteiger partial charge in [-0.15, -0.1) is 0 Å². The topological polar surface area (TPSA) is 47.9 Å². The van der Waals surface area contributed by atoms with Crippen LogP contribution in [0.1, 0.15) is 0 Å². The maximum Gasteiger partial charge on any atom is 0.164 e. The van der Waals surface area contributed by atoms with Crippen LogP contribution in [-0.2, 0) is 0 Å².